The number of allylic oxidation sites excluding steroid dienone is 1. The van der Waals surface area contributed by atoms with Crippen molar-refractivity contribution in [3.05, 3.63) is 41.7 Å². The summed E-state index contributed by atoms with van der Waals surface area (Å²) < 4.78 is 2.88. The van der Waals surface area contributed by atoms with Gasteiger partial charge in [-0.15, -0.1) is 0 Å². The second-order valence-electron chi connectivity index (χ2n) is 3.78. The standard InChI is InChI=1S/C13H12Cl3NO3/c1-8(18)11(20-2)10(9-6-4-3-5-7-9)17-12(19)13(14,15)16/h3-7H,1-2H3,(H,17,19)/b11-10+. The van der Waals surface area contributed by atoms with E-state index >= 15 is 0 Å². The predicted molar refractivity (Wildman–Crippen MR) is 79.5 cm³/mol. The molecule has 108 valence electrons. The fourth-order valence-corrected chi connectivity index (χ4v) is 1.61. The molecule has 1 aromatic rings. The fourth-order valence-electron chi connectivity index (χ4n) is 1.47. The Balaban J connectivity index is 3.30. The molecular weight excluding hydrogens is 325 g/mol. The number of ether oxygens (including phenoxy) is 1. The molecular formula is C13H12Cl3NO3. The van der Waals surface area contributed by atoms with Crippen LogP contribution in [0.1, 0.15) is 12.5 Å². The summed E-state index contributed by atoms with van der Waals surface area (Å²) in [4.78, 5) is 23.4. The van der Waals surface area contributed by atoms with Crippen LogP contribution < -0.4 is 5.32 Å². The Morgan fingerprint density at radius 2 is 1.70 bits per heavy atom. The van der Waals surface area contributed by atoms with E-state index in [1.54, 1.807) is 30.3 Å². The van der Waals surface area contributed by atoms with Crippen molar-refractivity contribution >= 4 is 52.2 Å². The van der Waals surface area contributed by atoms with Crippen LogP contribution in [0.2, 0.25) is 0 Å². The average Bonchev–Trinajstić information content (AvgIpc) is 2.37. The van der Waals surface area contributed by atoms with Gasteiger partial charge < -0.3 is 10.1 Å². The van der Waals surface area contributed by atoms with Gasteiger partial charge in [0.1, 0.15) is 0 Å². The van der Waals surface area contributed by atoms with E-state index < -0.39 is 9.70 Å². The smallest absolute Gasteiger partial charge is 0.276 e. The van der Waals surface area contributed by atoms with Crippen LogP contribution in [0.4, 0.5) is 0 Å². The van der Waals surface area contributed by atoms with Gasteiger partial charge in [0.05, 0.1) is 12.8 Å². The third-order valence-electron chi connectivity index (χ3n) is 2.31. The molecule has 0 radical (unpaired) electrons. The molecule has 0 atom stereocenters. The lowest BCUT2D eigenvalue weighted by atomic mass is 10.1. The zero-order valence-corrected chi connectivity index (χ0v) is 13.0. The summed E-state index contributed by atoms with van der Waals surface area (Å²) in [5.74, 6) is -1.27. The molecule has 0 saturated carbocycles. The number of methoxy groups -OCH3 is 1. The molecule has 0 unspecified atom stereocenters. The number of hydrogen-bond donors (Lipinski definition) is 1. The van der Waals surface area contributed by atoms with Gasteiger partial charge in [0.2, 0.25) is 0 Å². The Morgan fingerprint density at radius 3 is 2.10 bits per heavy atom. The molecule has 0 aliphatic heterocycles. The van der Waals surface area contributed by atoms with Gasteiger partial charge in [0.15, 0.2) is 11.5 Å². The van der Waals surface area contributed by atoms with Crippen molar-refractivity contribution in [2.45, 2.75) is 10.7 Å². The number of nitrogens with one attached hydrogen (secondary N) is 1. The van der Waals surface area contributed by atoms with Gasteiger partial charge in [0, 0.05) is 12.5 Å². The van der Waals surface area contributed by atoms with Crippen molar-refractivity contribution in [1.29, 1.82) is 0 Å². The van der Waals surface area contributed by atoms with E-state index in [1.165, 1.54) is 14.0 Å². The van der Waals surface area contributed by atoms with Crippen LogP contribution in [0, 0.1) is 0 Å². The van der Waals surface area contributed by atoms with Crippen molar-refractivity contribution in [2.75, 3.05) is 7.11 Å². The minimum Gasteiger partial charge on any atom is -0.491 e. The number of hydrogen-bond acceptors (Lipinski definition) is 3. The first-order valence-electron chi connectivity index (χ1n) is 5.50. The van der Waals surface area contributed by atoms with Crippen molar-refractivity contribution in [1.82, 2.24) is 5.32 Å². The van der Waals surface area contributed by atoms with Crippen LogP contribution in [0.5, 0.6) is 0 Å². The fraction of sp³-hybridized carbons (Fsp3) is 0.231. The third-order valence-corrected chi connectivity index (χ3v) is 2.82. The number of carbonyl (C=O) groups is 2. The summed E-state index contributed by atoms with van der Waals surface area (Å²) in [5, 5.41) is 2.40. The van der Waals surface area contributed by atoms with E-state index in [4.69, 9.17) is 39.5 Å². The highest BCUT2D eigenvalue weighted by Gasteiger charge is 2.32. The normalized spacial score (nSPS) is 12.4. The maximum Gasteiger partial charge on any atom is 0.276 e. The van der Waals surface area contributed by atoms with Crippen molar-refractivity contribution in [3.63, 3.8) is 0 Å². The highest BCUT2D eigenvalue weighted by molar-refractivity contribution is 6.76. The van der Waals surface area contributed by atoms with Crippen LogP contribution in [-0.2, 0) is 14.3 Å². The summed E-state index contributed by atoms with van der Waals surface area (Å²) in [5.41, 5.74) is 0.707. The minimum absolute atomic E-state index is 0.0289. The van der Waals surface area contributed by atoms with Gasteiger partial charge in [-0.25, -0.2) is 0 Å². The number of amides is 1. The van der Waals surface area contributed by atoms with Crippen LogP contribution in [0.25, 0.3) is 5.70 Å². The number of benzene rings is 1. The molecule has 1 rings (SSSR count). The lowest BCUT2D eigenvalue weighted by Crippen LogP contribution is -2.34. The number of Topliss-reactive ketones (excluding diaryl/α,β-unsaturated/α-hetero) is 1. The zero-order chi connectivity index (χ0) is 15.3. The van der Waals surface area contributed by atoms with E-state index in [2.05, 4.69) is 5.32 Å². The zero-order valence-electron chi connectivity index (χ0n) is 10.7. The molecule has 1 N–H and O–H groups in total. The molecule has 20 heavy (non-hydrogen) atoms. The quantitative estimate of drug-likeness (QED) is 0.522. The highest BCUT2D eigenvalue weighted by Crippen LogP contribution is 2.28. The lowest BCUT2D eigenvalue weighted by Gasteiger charge is -2.17. The number of ketones is 1. The molecule has 4 nitrogen and oxygen atoms in total. The van der Waals surface area contributed by atoms with Crippen molar-refractivity contribution < 1.29 is 14.3 Å². The van der Waals surface area contributed by atoms with Gasteiger partial charge in [-0.2, -0.15) is 0 Å². The maximum absolute atomic E-state index is 11.8. The first-order chi connectivity index (χ1) is 9.27. The molecule has 0 saturated heterocycles. The minimum atomic E-state index is -2.14. The first-order valence-corrected chi connectivity index (χ1v) is 6.63. The van der Waals surface area contributed by atoms with Crippen molar-refractivity contribution in [3.8, 4) is 0 Å². The second-order valence-corrected chi connectivity index (χ2v) is 6.06. The highest BCUT2D eigenvalue weighted by atomic mass is 35.6. The molecule has 0 fully saturated rings. The van der Waals surface area contributed by atoms with E-state index in [0.29, 0.717) is 5.56 Å². The van der Waals surface area contributed by atoms with Gasteiger partial charge in [-0.1, -0.05) is 65.1 Å². The molecule has 0 spiro atoms. The van der Waals surface area contributed by atoms with Gasteiger partial charge >= 0.3 is 0 Å². The maximum atomic E-state index is 11.8. The van der Waals surface area contributed by atoms with Crippen molar-refractivity contribution in [2.24, 2.45) is 0 Å². The number of carbonyl (C=O) groups excluding carboxylic acids is 2. The molecule has 0 aliphatic carbocycles. The number of alkyl halides is 3. The summed E-state index contributed by atoms with van der Waals surface area (Å²) in [7, 11) is 1.32. The predicted octanol–water partition coefficient (Wildman–Crippen LogP) is 3.08. The SMILES string of the molecule is CO/C(C(C)=O)=C(/NC(=O)C(Cl)(Cl)Cl)c1ccccc1. The Bertz CT molecular complexity index is 536. The number of halogens is 3. The average molecular weight is 337 g/mol. The van der Waals surface area contributed by atoms with E-state index in [1.807, 2.05) is 0 Å². The summed E-state index contributed by atoms with van der Waals surface area (Å²) >= 11 is 16.5. The van der Waals surface area contributed by atoms with Gasteiger partial charge in [0.25, 0.3) is 9.70 Å². The molecule has 0 aliphatic rings. The summed E-state index contributed by atoms with van der Waals surface area (Å²) in [6.45, 7) is 1.31. The topological polar surface area (TPSA) is 55.4 Å². The van der Waals surface area contributed by atoms with Gasteiger partial charge in [-0.05, 0) is 0 Å². The Labute approximate surface area is 131 Å². The largest absolute Gasteiger partial charge is 0.491 e. The van der Waals surface area contributed by atoms with Crippen LogP contribution in [-0.4, -0.2) is 22.6 Å². The van der Waals surface area contributed by atoms with Crippen LogP contribution in [0.15, 0.2) is 36.1 Å². The van der Waals surface area contributed by atoms with Gasteiger partial charge in [-0.3, -0.25) is 9.59 Å². The van der Waals surface area contributed by atoms with Crippen LogP contribution in [0.3, 0.4) is 0 Å². The third kappa shape index (κ3) is 4.40. The molecule has 0 bridgehead atoms. The lowest BCUT2D eigenvalue weighted by molar-refractivity contribution is -0.119. The monoisotopic (exact) mass is 335 g/mol. The summed E-state index contributed by atoms with van der Waals surface area (Å²) in [6.07, 6.45) is 0. The number of rotatable bonds is 4. The Morgan fingerprint density at radius 1 is 1.15 bits per heavy atom. The molecule has 0 heterocycles. The van der Waals surface area contributed by atoms with E-state index in [-0.39, 0.29) is 17.2 Å². The Kier molecular flexibility index (Phi) is 5.87. The summed E-state index contributed by atoms with van der Waals surface area (Å²) in [6, 6.07) is 8.65. The van der Waals surface area contributed by atoms with Crippen LogP contribution >= 0.6 is 34.8 Å². The first kappa shape index (κ1) is 16.8. The second kappa shape index (κ2) is 6.97. The molecule has 1 aromatic carbocycles. The molecule has 1 amide bonds. The van der Waals surface area contributed by atoms with E-state index in [0.717, 1.165) is 0 Å². The molecule has 0 aromatic heterocycles. The van der Waals surface area contributed by atoms with E-state index in [9.17, 15) is 9.59 Å². The molecule has 7 heteroatoms. The Hall–Kier alpha value is -1.23.